The Morgan fingerprint density at radius 2 is 1.90 bits per heavy atom. The molecule has 0 saturated heterocycles. The van der Waals surface area contributed by atoms with Crippen molar-refractivity contribution in [3.8, 4) is 0 Å². The Morgan fingerprint density at radius 3 is 2.57 bits per heavy atom. The Kier molecular flexibility index (Phi) is 5.23. The molecule has 2 aromatic rings. The summed E-state index contributed by atoms with van der Waals surface area (Å²) in [6, 6.07) is 15.0. The van der Waals surface area contributed by atoms with Crippen molar-refractivity contribution in [1.82, 2.24) is 0 Å². The number of hydrogen-bond acceptors (Lipinski definition) is 1. The molecule has 0 bridgehead atoms. The van der Waals surface area contributed by atoms with Gasteiger partial charge in [0.1, 0.15) is 0 Å². The summed E-state index contributed by atoms with van der Waals surface area (Å²) in [5.74, 6) is 0. The second kappa shape index (κ2) is 7.14. The molecule has 0 atom stereocenters. The summed E-state index contributed by atoms with van der Waals surface area (Å²) < 4.78 is 0. The molecule has 21 heavy (non-hydrogen) atoms. The van der Waals surface area contributed by atoms with Gasteiger partial charge in [-0.15, -0.1) is 0 Å². The van der Waals surface area contributed by atoms with Crippen molar-refractivity contribution in [2.45, 2.75) is 20.3 Å². The zero-order valence-corrected chi connectivity index (χ0v) is 13.0. The maximum absolute atomic E-state index is 12.4. The lowest BCUT2D eigenvalue weighted by Crippen LogP contribution is -2.34. The molecule has 0 radical (unpaired) electrons. The van der Waals surface area contributed by atoms with Crippen LogP contribution in [0.5, 0.6) is 0 Å². The van der Waals surface area contributed by atoms with E-state index in [-0.39, 0.29) is 6.03 Å². The highest BCUT2D eigenvalue weighted by Crippen LogP contribution is 2.20. The minimum absolute atomic E-state index is 0.159. The average molecular weight is 303 g/mol. The first kappa shape index (κ1) is 15.4. The lowest BCUT2D eigenvalue weighted by atomic mass is 10.1. The topological polar surface area (TPSA) is 32.3 Å². The van der Waals surface area contributed by atoms with Crippen molar-refractivity contribution in [2.75, 3.05) is 16.8 Å². The second-order valence-electron chi connectivity index (χ2n) is 4.71. The van der Waals surface area contributed by atoms with Gasteiger partial charge in [0.2, 0.25) is 0 Å². The monoisotopic (exact) mass is 302 g/mol. The fourth-order valence-electron chi connectivity index (χ4n) is 2.15. The molecular formula is C17H19ClN2O. The number of aryl methyl sites for hydroxylation is 1. The number of urea groups is 1. The van der Waals surface area contributed by atoms with Crippen LogP contribution in [0.4, 0.5) is 16.2 Å². The summed E-state index contributed by atoms with van der Waals surface area (Å²) in [5, 5.41) is 3.55. The van der Waals surface area contributed by atoms with Gasteiger partial charge in [0, 0.05) is 22.9 Å². The third-order valence-corrected chi connectivity index (χ3v) is 3.50. The highest BCUT2D eigenvalue weighted by atomic mass is 35.5. The Labute approximate surface area is 130 Å². The molecule has 0 heterocycles. The molecule has 0 aromatic heterocycles. The molecule has 1 N–H and O–H groups in total. The number of carbonyl (C=O) groups is 1. The fraction of sp³-hybridized carbons (Fsp3) is 0.235. The van der Waals surface area contributed by atoms with E-state index in [4.69, 9.17) is 11.6 Å². The quantitative estimate of drug-likeness (QED) is 0.850. The van der Waals surface area contributed by atoms with Gasteiger partial charge in [-0.05, 0) is 49.2 Å². The summed E-state index contributed by atoms with van der Waals surface area (Å²) in [6.45, 7) is 4.59. The molecular weight excluding hydrogens is 284 g/mol. The average Bonchev–Trinajstić information content (AvgIpc) is 2.48. The molecule has 2 aromatic carbocycles. The minimum Gasteiger partial charge on any atom is -0.308 e. The van der Waals surface area contributed by atoms with Gasteiger partial charge in [0.15, 0.2) is 0 Å². The molecule has 0 aliphatic heterocycles. The van der Waals surface area contributed by atoms with E-state index in [9.17, 15) is 4.79 Å². The number of amides is 2. The van der Waals surface area contributed by atoms with Gasteiger partial charge in [-0.25, -0.2) is 4.79 Å². The molecule has 0 spiro atoms. The number of hydrogen-bond donors (Lipinski definition) is 1. The van der Waals surface area contributed by atoms with E-state index in [0.29, 0.717) is 11.6 Å². The van der Waals surface area contributed by atoms with Crippen LogP contribution in [0.2, 0.25) is 5.02 Å². The Bertz CT molecular complexity index is 628. The smallest absolute Gasteiger partial charge is 0.308 e. The molecule has 2 amide bonds. The van der Waals surface area contributed by atoms with Gasteiger partial charge < -0.3 is 5.32 Å². The van der Waals surface area contributed by atoms with E-state index in [1.165, 1.54) is 5.56 Å². The Morgan fingerprint density at radius 1 is 1.14 bits per heavy atom. The van der Waals surface area contributed by atoms with Gasteiger partial charge >= 0.3 is 6.03 Å². The Hall–Kier alpha value is -2.00. The number of nitrogens with one attached hydrogen (secondary N) is 1. The van der Waals surface area contributed by atoms with Crippen LogP contribution in [-0.2, 0) is 6.42 Å². The zero-order valence-electron chi connectivity index (χ0n) is 12.3. The molecule has 110 valence electrons. The first-order valence-corrected chi connectivity index (χ1v) is 7.45. The van der Waals surface area contributed by atoms with E-state index >= 15 is 0 Å². The van der Waals surface area contributed by atoms with Crippen LogP contribution in [0.15, 0.2) is 48.5 Å². The van der Waals surface area contributed by atoms with E-state index < -0.39 is 0 Å². The van der Waals surface area contributed by atoms with Crippen LogP contribution in [0.1, 0.15) is 19.4 Å². The van der Waals surface area contributed by atoms with E-state index in [1.807, 2.05) is 43.3 Å². The highest BCUT2D eigenvalue weighted by molar-refractivity contribution is 6.31. The van der Waals surface area contributed by atoms with E-state index in [0.717, 1.165) is 17.8 Å². The second-order valence-corrected chi connectivity index (χ2v) is 5.14. The summed E-state index contributed by atoms with van der Waals surface area (Å²) in [4.78, 5) is 14.1. The summed E-state index contributed by atoms with van der Waals surface area (Å²) in [5.41, 5.74) is 2.78. The summed E-state index contributed by atoms with van der Waals surface area (Å²) in [6.07, 6.45) is 0.940. The number of carbonyl (C=O) groups excluding carboxylic acids is 1. The number of halogens is 1. The van der Waals surface area contributed by atoms with E-state index in [1.54, 1.807) is 17.0 Å². The minimum atomic E-state index is -0.159. The first-order chi connectivity index (χ1) is 10.1. The zero-order chi connectivity index (χ0) is 15.2. The molecule has 0 unspecified atom stereocenters. The van der Waals surface area contributed by atoms with Crippen LogP contribution in [0.3, 0.4) is 0 Å². The van der Waals surface area contributed by atoms with Crippen molar-refractivity contribution in [3.05, 3.63) is 59.1 Å². The molecule has 0 aliphatic rings. The van der Waals surface area contributed by atoms with Crippen LogP contribution in [0, 0.1) is 0 Å². The van der Waals surface area contributed by atoms with Crippen LogP contribution in [0.25, 0.3) is 0 Å². The van der Waals surface area contributed by atoms with Crippen LogP contribution in [-0.4, -0.2) is 12.6 Å². The largest absolute Gasteiger partial charge is 0.326 e. The van der Waals surface area contributed by atoms with Crippen molar-refractivity contribution >= 4 is 29.0 Å². The lowest BCUT2D eigenvalue weighted by Gasteiger charge is -2.22. The number of nitrogens with zero attached hydrogens (tertiary/aromatic N) is 1. The maximum Gasteiger partial charge on any atom is 0.326 e. The standard InChI is InChI=1S/C17H19ClN2O/c1-3-13-7-5-9-15(11-13)19-17(21)20(4-2)16-10-6-8-14(18)12-16/h5-12H,3-4H2,1-2H3,(H,19,21). The predicted molar refractivity (Wildman–Crippen MR) is 89.3 cm³/mol. The van der Waals surface area contributed by atoms with Gasteiger partial charge in [0.25, 0.3) is 0 Å². The highest BCUT2D eigenvalue weighted by Gasteiger charge is 2.14. The first-order valence-electron chi connectivity index (χ1n) is 7.07. The van der Waals surface area contributed by atoms with Crippen molar-refractivity contribution < 1.29 is 4.79 Å². The lowest BCUT2D eigenvalue weighted by molar-refractivity contribution is 0.257. The summed E-state index contributed by atoms with van der Waals surface area (Å²) >= 11 is 5.99. The Balaban J connectivity index is 2.16. The van der Waals surface area contributed by atoms with Crippen LogP contribution < -0.4 is 10.2 Å². The predicted octanol–water partition coefficient (Wildman–Crippen LogP) is 4.96. The van der Waals surface area contributed by atoms with Crippen LogP contribution >= 0.6 is 11.6 Å². The molecule has 0 aliphatic carbocycles. The third kappa shape index (κ3) is 3.99. The van der Waals surface area contributed by atoms with E-state index in [2.05, 4.69) is 12.2 Å². The van der Waals surface area contributed by atoms with Gasteiger partial charge in [-0.3, -0.25) is 4.90 Å². The molecule has 2 rings (SSSR count). The molecule has 0 fully saturated rings. The van der Waals surface area contributed by atoms with Gasteiger partial charge in [0.05, 0.1) is 0 Å². The SMILES string of the molecule is CCc1cccc(NC(=O)N(CC)c2cccc(Cl)c2)c1. The number of benzene rings is 2. The number of rotatable bonds is 4. The normalized spacial score (nSPS) is 10.2. The van der Waals surface area contributed by atoms with Crippen molar-refractivity contribution in [2.24, 2.45) is 0 Å². The molecule has 0 saturated carbocycles. The number of anilines is 2. The third-order valence-electron chi connectivity index (χ3n) is 3.27. The maximum atomic E-state index is 12.4. The molecule has 4 heteroatoms. The van der Waals surface area contributed by atoms with Crippen molar-refractivity contribution in [1.29, 1.82) is 0 Å². The van der Waals surface area contributed by atoms with Crippen molar-refractivity contribution in [3.63, 3.8) is 0 Å². The molecule has 3 nitrogen and oxygen atoms in total. The van der Waals surface area contributed by atoms with Gasteiger partial charge in [-0.1, -0.05) is 36.7 Å². The van der Waals surface area contributed by atoms with Gasteiger partial charge in [-0.2, -0.15) is 0 Å². The fourth-order valence-corrected chi connectivity index (χ4v) is 2.33. The summed E-state index contributed by atoms with van der Waals surface area (Å²) in [7, 11) is 0.